The van der Waals surface area contributed by atoms with Gasteiger partial charge in [-0.25, -0.2) is 0 Å². The predicted molar refractivity (Wildman–Crippen MR) is 145 cm³/mol. The summed E-state index contributed by atoms with van der Waals surface area (Å²) in [7, 11) is 2.01. The molecule has 2 atom stereocenters. The van der Waals surface area contributed by atoms with E-state index in [2.05, 4.69) is 97.4 Å². The van der Waals surface area contributed by atoms with E-state index in [9.17, 15) is 5.11 Å². The zero-order valence-electron chi connectivity index (χ0n) is 22.6. The van der Waals surface area contributed by atoms with Crippen LogP contribution in [0.2, 0.25) is 0 Å². The molecule has 0 radical (unpaired) electrons. The van der Waals surface area contributed by atoms with Crippen LogP contribution in [0.4, 0.5) is 0 Å². The fraction of sp³-hybridized carbons (Fsp3) is 0.533. The Bertz CT molecular complexity index is 935. The van der Waals surface area contributed by atoms with E-state index < -0.39 is 5.72 Å². The Kier molecular flexibility index (Phi) is 9.64. The molecule has 0 bridgehead atoms. The molecule has 1 aliphatic rings. The molecule has 35 heavy (non-hydrogen) atoms. The molecule has 0 aliphatic carbocycles. The first-order valence-electron chi connectivity index (χ1n) is 13.1. The summed E-state index contributed by atoms with van der Waals surface area (Å²) in [6.45, 7) is 13.7. The van der Waals surface area contributed by atoms with E-state index in [0.29, 0.717) is 12.3 Å². The monoisotopic (exact) mass is 479 g/mol. The first-order chi connectivity index (χ1) is 16.7. The number of aryl methyl sites for hydroxylation is 1. The van der Waals surface area contributed by atoms with Crippen molar-refractivity contribution in [2.75, 3.05) is 20.2 Å². The Morgan fingerprint density at radius 3 is 2.43 bits per heavy atom. The van der Waals surface area contributed by atoms with Crippen molar-refractivity contribution in [3.8, 4) is 5.75 Å². The summed E-state index contributed by atoms with van der Waals surface area (Å²) in [5, 5.41) is 14.8. The SMILES string of the molecule is CCC=C(NCc1ccc(OCC(C)C)cc1)N(Cc1ccc(C)cc1)C1CCN(C)C(C)(O)C1. The summed E-state index contributed by atoms with van der Waals surface area (Å²) in [6.07, 6.45) is 4.95. The van der Waals surface area contributed by atoms with Crippen molar-refractivity contribution >= 4 is 0 Å². The van der Waals surface area contributed by atoms with Gasteiger partial charge in [0, 0.05) is 32.1 Å². The van der Waals surface area contributed by atoms with Crippen LogP contribution in [-0.4, -0.2) is 46.9 Å². The molecule has 0 aromatic heterocycles. The number of benzene rings is 2. The molecule has 0 spiro atoms. The van der Waals surface area contributed by atoms with Crippen LogP contribution in [0.15, 0.2) is 60.4 Å². The third kappa shape index (κ3) is 8.01. The molecular weight excluding hydrogens is 434 g/mol. The van der Waals surface area contributed by atoms with Gasteiger partial charge in [-0.3, -0.25) is 4.90 Å². The van der Waals surface area contributed by atoms with Gasteiger partial charge < -0.3 is 20.1 Å². The molecule has 0 amide bonds. The van der Waals surface area contributed by atoms with Crippen molar-refractivity contribution < 1.29 is 9.84 Å². The van der Waals surface area contributed by atoms with Gasteiger partial charge in [0.05, 0.1) is 12.4 Å². The summed E-state index contributed by atoms with van der Waals surface area (Å²) in [5.41, 5.74) is 2.96. The van der Waals surface area contributed by atoms with E-state index in [-0.39, 0.29) is 6.04 Å². The zero-order chi connectivity index (χ0) is 25.4. The van der Waals surface area contributed by atoms with Crippen molar-refractivity contribution in [2.45, 2.75) is 78.7 Å². The van der Waals surface area contributed by atoms with Crippen molar-refractivity contribution in [2.24, 2.45) is 5.92 Å². The first-order valence-corrected chi connectivity index (χ1v) is 13.1. The average Bonchev–Trinajstić information content (AvgIpc) is 2.82. The van der Waals surface area contributed by atoms with Crippen molar-refractivity contribution in [1.29, 1.82) is 0 Å². The van der Waals surface area contributed by atoms with E-state index >= 15 is 0 Å². The van der Waals surface area contributed by atoms with Gasteiger partial charge in [0.2, 0.25) is 0 Å². The van der Waals surface area contributed by atoms with Gasteiger partial charge in [0.25, 0.3) is 0 Å². The number of hydrogen-bond donors (Lipinski definition) is 2. The first kappa shape index (κ1) is 27.1. The van der Waals surface area contributed by atoms with Gasteiger partial charge in [-0.15, -0.1) is 0 Å². The number of allylic oxidation sites excluding steroid dienone is 1. The second-order valence-electron chi connectivity index (χ2n) is 10.6. The molecule has 2 N–H and O–H groups in total. The molecule has 2 aromatic carbocycles. The Labute approximate surface area is 212 Å². The molecule has 5 heteroatoms. The highest BCUT2D eigenvalue weighted by Gasteiger charge is 2.37. The zero-order valence-corrected chi connectivity index (χ0v) is 22.6. The normalized spacial score (nSPS) is 21.3. The van der Waals surface area contributed by atoms with E-state index in [1.807, 2.05) is 14.0 Å². The van der Waals surface area contributed by atoms with E-state index in [4.69, 9.17) is 4.74 Å². The third-order valence-corrected chi connectivity index (χ3v) is 6.84. The van der Waals surface area contributed by atoms with Crippen LogP contribution < -0.4 is 10.1 Å². The van der Waals surface area contributed by atoms with Crippen molar-refractivity contribution in [3.05, 3.63) is 77.1 Å². The molecular formula is C30H45N3O2. The second-order valence-corrected chi connectivity index (χ2v) is 10.6. The number of nitrogens with one attached hydrogen (secondary N) is 1. The molecule has 0 saturated carbocycles. The minimum Gasteiger partial charge on any atom is -0.493 e. The highest BCUT2D eigenvalue weighted by molar-refractivity contribution is 5.28. The number of rotatable bonds is 11. The van der Waals surface area contributed by atoms with Crippen LogP contribution in [0.5, 0.6) is 5.75 Å². The fourth-order valence-corrected chi connectivity index (χ4v) is 4.50. The number of piperidine rings is 1. The quantitative estimate of drug-likeness (QED) is 0.434. The van der Waals surface area contributed by atoms with Crippen LogP contribution in [0.1, 0.15) is 63.6 Å². The molecule has 1 fully saturated rings. The Morgan fingerprint density at radius 2 is 1.83 bits per heavy atom. The van der Waals surface area contributed by atoms with E-state index in [1.165, 1.54) is 16.7 Å². The van der Waals surface area contributed by atoms with Crippen molar-refractivity contribution in [3.63, 3.8) is 0 Å². The van der Waals surface area contributed by atoms with Gasteiger partial charge in [0.15, 0.2) is 0 Å². The van der Waals surface area contributed by atoms with Crippen molar-refractivity contribution in [1.82, 2.24) is 15.1 Å². The molecule has 2 aromatic rings. The van der Waals surface area contributed by atoms with Crippen LogP contribution >= 0.6 is 0 Å². The summed E-state index contributed by atoms with van der Waals surface area (Å²) < 4.78 is 5.84. The molecule has 5 nitrogen and oxygen atoms in total. The Morgan fingerprint density at radius 1 is 1.17 bits per heavy atom. The molecule has 1 saturated heterocycles. The lowest BCUT2D eigenvalue weighted by atomic mass is 9.93. The maximum Gasteiger partial charge on any atom is 0.119 e. The fourth-order valence-electron chi connectivity index (χ4n) is 4.50. The number of likely N-dealkylation sites (tertiary alicyclic amines) is 1. The Balaban J connectivity index is 1.77. The van der Waals surface area contributed by atoms with E-state index in [1.54, 1.807) is 0 Å². The lowest BCUT2D eigenvalue weighted by Crippen LogP contribution is -2.55. The number of ether oxygens (including phenoxy) is 1. The highest BCUT2D eigenvalue weighted by atomic mass is 16.5. The maximum atomic E-state index is 11.0. The van der Waals surface area contributed by atoms with Crippen LogP contribution in [-0.2, 0) is 13.1 Å². The molecule has 3 rings (SSSR count). The predicted octanol–water partition coefficient (Wildman–Crippen LogP) is 5.68. The molecule has 1 heterocycles. The summed E-state index contributed by atoms with van der Waals surface area (Å²) in [6, 6.07) is 17.4. The van der Waals surface area contributed by atoms with Gasteiger partial charge in [-0.1, -0.05) is 62.7 Å². The Hall–Kier alpha value is -2.50. The minimum atomic E-state index is -0.808. The molecule has 192 valence electrons. The molecule has 1 aliphatic heterocycles. The smallest absolute Gasteiger partial charge is 0.119 e. The topological polar surface area (TPSA) is 48.0 Å². The van der Waals surface area contributed by atoms with Crippen LogP contribution in [0.3, 0.4) is 0 Å². The highest BCUT2D eigenvalue weighted by Crippen LogP contribution is 2.30. The summed E-state index contributed by atoms with van der Waals surface area (Å²) >= 11 is 0. The van der Waals surface area contributed by atoms with Crippen LogP contribution in [0.25, 0.3) is 0 Å². The van der Waals surface area contributed by atoms with Gasteiger partial charge >= 0.3 is 0 Å². The number of hydrogen-bond acceptors (Lipinski definition) is 5. The lowest BCUT2D eigenvalue weighted by molar-refractivity contribution is -0.123. The summed E-state index contributed by atoms with van der Waals surface area (Å²) in [5.74, 6) is 2.57. The number of nitrogens with zero attached hydrogens (tertiary/aromatic N) is 2. The largest absolute Gasteiger partial charge is 0.493 e. The van der Waals surface area contributed by atoms with Gasteiger partial charge in [-0.2, -0.15) is 0 Å². The standard InChI is InChI=1S/C30H45N3O2/c1-7-8-29(31-20-25-13-15-28(16-14-25)35-22-23(2)3)33(21-26-11-9-24(4)10-12-26)27-17-18-32(6)30(5,34)19-27/h8-16,23,27,31,34H,7,17-22H2,1-6H3. The average molecular weight is 480 g/mol. The number of aliphatic hydroxyl groups is 1. The van der Waals surface area contributed by atoms with Gasteiger partial charge in [0.1, 0.15) is 11.5 Å². The third-order valence-electron chi connectivity index (χ3n) is 6.84. The lowest BCUT2D eigenvalue weighted by Gasteiger charge is -2.47. The van der Waals surface area contributed by atoms with Crippen LogP contribution in [0, 0.1) is 12.8 Å². The van der Waals surface area contributed by atoms with Gasteiger partial charge in [-0.05, 0) is 69.0 Å². The summed E-state index contributed by atoms with van der Waals surface area (Å²) in [4.78, 5) is 4.53. The second kappa shape index (κ2) is 12.5. The molecule has 2 unspecified atom stereocenters. The minimum absolute atomic E-state index is 0.250. The maximum absolute atomic E-state index is 11.0. The van der Waals surface area contributed by atoms with E-state index in [0.717, 1.165) is 50.7 Å².